The Kier molecular flexibility index (Phi) is 5.41. The summed E-state index contributed by atoms with van der Waals surface area (Å²) < 4.78 is 13.1. The molecule has 2 aromatic carbocycles. The number of nitrogens with zero attached hydrogens (tertiary/aromatic N) is 3. The number of ether oxygens (including phenoxy) is 2. The van der Waals surface area contributed by atoms with Crippen LogP contribution in [0.25, 0.3) is 16.6 Å². The molecule has 1 aliphatic heterocycles. The lowest BCUT2D eigenvalue weighted by atomic mass is 10.2. The van der Waals surface area contributed by atoms with Crippen LogP contribution in [0.5, 0.6) is 5.75 Å². The third-order valence-electron chi connectivity index (χ3n) is 5.37. The lowest BCUT2D eigenvalue weighted by molar-refractivity contribution is -0.138. The van der Waals surface area contributed by atoms with Crippen LogP contribution in [0.1, 0.15) is 13.0 Å². The van der Waals surface area contributed by atoms with Gasteiger partial charge in [-0.3, -0.25) is 14.2 Å². The van der Waals surface area contributed by atoms with Crippen molar-refractivity contribution in [1.82, 2.24) is 14.0 Å². The van der Waals surface area contributed by atoms with Crippen LogP contribution < -0.4 is 16.0 Å². The SMILES string of the molecule is COc1cccc(-n2c(=O)c3ccccc3n(C(C)C(=O)N3CCOCC3)c2=O)c1. The molecule has 156 valence electrons. The van der Waals surface area contributed by atoms with Gasteiger partial charge in [0.2, 0.25) is 5.91 Å². The molecule has 4 rings (SSSR count). The lowest BCUT2D eigenvalue weighted by Gasteiger charge is -2.30. The number of aromatic nitrogens is 2. The molecule has 1 saturated heterocycles. The van der Waals surface area contributed by atoms with E-state index < -0.39 is 17.3 Å². The van der Waals surface area contributed by atoms with E-state index in [9.17, 15) is 14.4 Å². The fourth-order valence-corrected chi connectivity index (χ4v) is 3.79. The summed E-state index contributed by atoms with van der Waals surface area (Å²) in [6.45, 7) is 3.58. The third-order valence-corrected chi connectivity index (χ3v) is 5.37. The summed E-state index contributed by atoms with van der Waals surface area (Å²) in [7, 11) is 1.52. The molecule has 0 spiro atoms. The average Bonchev–Trinajstić information content (AvgIpc) is 2.79. The molecule has 30 heavy (non-hydrogen) atoms. The number of carbonyl (C=O) groups is 1. The highest BCUT2D eigenvalue weighted by molar-refractivity contribution is 5.84. The molecule has 1 aliphatic rings. The first kappa shape index (κ1) is 19.9. The zero-order chi connectivity index (χ0) is 21.3. The smallest absolute Gasteiger partial charge is 0.336 e. The van der Waals surface area contributed by atoms with E-state index in [1.807, 2.05) is 0 Å². The van der Waals surface area contributed by atoms with Crippen LogP contribution in [0, 0.1) is 0 Å². The van der Waals surface area contributed by atoms with Crippen molar-refractivity contribution in [2.45, 2.75) is 13.0 Å². The van der Waals surface area contributed by atoms with Gasteiger partial charge in [-0.05, 0) is 31.2 Å². The number of benzene rings is 2. The molecule has 0 bridgehead atoms. The van der Waals surface area contributed by atoms with Crippen LogP contribution in [0.2, 0.25) is 0 Å². The maximum atomic E-state index is 13.5. The maximum Gasteiger partial charge on any atom is 0.336 e. The number of para-hydroxylation sites is 1. The molecule has 3 aromatic rings. The van der Waals surface area contributed by atoms with Gasteiger partial charge in [0, 0.05) is 19.2 Å². The van der Waals surface area contributed by atoms with Crippen molar-refractivity contribution in [2.24, 2.45) is 0 Å². The summed E-state index contributed by atoms with van der Waals surface area (Å²) in [5.41, 5.74) is -0.192. The Bertz CT molecular complexity index is 1210. The molecule has 0 radical (unpaired) electrons. The molecular formula is C22H23N3O5. The van der Waals surface area contributed by atoms with E-state index in [1.165, 1.54) is 11.7 Å². The van der Waals surface area contributed by atoms with E-state index in [4.69, 9.17) is 9.47 Å². The molecule has 1 aromatic heterocycles. The van der Waals surface area contributed by atoms with E-state index in [-0.39, 0.29) is 5.91 Å². The van der Waals surface area contributed by atoms with E-state index in [2.05, 4.69) is 0 Å². The fraction of sp³-hybridized carbons (Fsp3) is 0.318. The molecule has 0 N–H and O–H groups in total. The van der Waals surface area contributed by atoms with Gasteiger partial charge in [-0.2, -0.15) is 0 Å². The van der Waals surface area contributed by atoms with Crippen molar-refractivity contribution in [3.63, 3.8) is 0 Å². The Hall–Kier alpha value is -3.39. The summed E-state index contributed by atoms with van der Waals surface area (Å²) in [6.07, 6.45) is 0. The van der Waals surface area contributed by atoms with E-state index in [0.717, 1.165) is 4.57 Å². The van der Waals surface area contributed by atoms with Crippen molar-refractivity contribution in [1.29, 1.82) is 0 Å². The molecule has 0 aliphatic carbocycles. The Morgan fingerprint density at radius 3 is 2.53 bits per heavy atom. The van der Waals surface area contributed by atoms with Gasteiger partial charge in [-0.1, -0.05) is 18.2 Å². The number of morpholine rings is 1. The first-order chi connectivity index (χ1) is 14.5. The van der Waals surface area contributed by atoms with Crippen LogP contribution in [0.3, 0.4) is 0 Å². The molecule has 1 unspecified atom stereocenters. The molecule has 1 amide bonds. The minimum Gasteiger partial charge on any atom is -0.497 e. The van der Waals surface area contributed by atoms with Crippen LogP contribution in [-0.2, 0) is 9.53 Å². The van der Waals surface area contributed by atoms with Crippen LogP contribution in [0.15, 0.2) is 58.1 Å². The number of fused-ring (bicyclic) bond motifs is 1. The van der Waals surface area contributed by atoms with Crippen molar-refractivity contribution in [3.05, 3.63) is 69.4 Å². The maximum absolute atomic E-state index is 13.5. The highest BCUT2D eigenvalue weighted by atomic mass is 16.5. The number of methoxy groups -OCH3 is 1. The molecule has 1 atom stereocenters. The minimum absolute atomic E-state index is 0.179. The van der Waals surface area contributed by atoms with Gasteiger partial charge in [0.1, 0.15) is 11.8 Å². The van der Waals surface area contributed by atoms with Crippen molar-refractivity contribution >= 4 is 16.8 Å². The van der Waals surface area contributed by atoms with Gasteiger partial charge in [0.25, 0.3) is 5.56 Å². The van der Waals surface area contributed by atoms with Crippen molar-refractivity contribution in [2.75, 3.05) is 33.4 Å². The van der Waals surface area contributed by atoms with Gasteiger partial charge >= 0.3 is 5.69 Å². The van der Waals surface area contributed by atoms with E-state index >= 15 is 0 Å². The summed E-state index contributed by atoms with van der Waals surface area (Å²) in [6, 6.07) is 12.8. The topological polar surface area (TPSA) is 82.8 Å². The van der Waals surface area contributed by atoms with E-state index in [1.54, 1.807) is 60.4 Å². The second kappa shape index (κ2) is 8.16. The van der Waals surface area contributed by atoms with Crippen LogP contribution in [-0.4, -0.2) is 53.4 Å². The highest BCUT2D eigenvalue weighted by Gasteiger charge is 2.27. The normalized spacial score (nSPS) is 15.2. The zero-order valence-corrected chi connectivity index (χ0v) is 16.9. The minimum atomic E-state index is -0.780. The van der Waals surface area contributed by atoms with Crippen molar-refractivity contribution < 1.29 is 14.3 Å². The number of amides is 1. The molecule has 2 heterocycles. The number of hydrogen-bond donors (Lipinski definition) is 0. The van der Waals surface area contributed by atoms with Gasteiger partial charge in [-0.15, -0.1) is 0 Å². The summed E-state index contributed by atoms with van der Waals surface area (Å²) in [5, 5.41) is 0.363. The Labute approximate surface area is 172 Å². The molecular weight excluding hydrogens is 386 g/mol. The molecule has 8 nitrogen and oxygen atoms in total. The highest BCUT2D eigenvalue weighted by Crippen LogP contribution is 2.19. The summed E-state index contributed by atoms with van der Waals surface area (Å²) >= 11 is 0. The predicted molar refractivity (Wildman–Crippen MR) is 112 cm³/mol. The molecule has 1 fully saturated rings. The van der Waals surface area contributed by atoms with Gasteiger partial charge in [0.05, 0.1) is 36.9 Å². The average molecular weight is 409 g/mol. The summed E-state index contributed by atoms with van der Waals surface area (Å²) in [4.78, 5) is 41.5. The third kappa shape index (κ3) is 3.39. The van der Waals surface area contributed by atoms with Crippen LogP contribution >= 0.6 is 0 Å². The second-order valence-electron chi connectivity index (χ2n) is 7.13. The predicted octanol–water partition coefficient (Wildman–Crippen LogP) is 1.58. The van der Waals surface area contributed by atoms with Crippen molar-refractivity contribution in [3.8, 4) is 11.4 Å². The Balaban J connectivity index is 1.94. The Morgan fingerprint density at radius 2 is 1.80 bits per heavy atom. The quantitative estimate of drug-likeness (QED) is 0.653. The number of carbonyl (C=O) groups excluding carboxylic acids is 1. The number of hydrogen-bond acceptors (Lipinski definition) is 5. The zero-order valence-electron chi connectivity index (χ0n) is 16.9. The first-order valence-corrected chi connectivity index (χ1v) is 9.80. The Morgan fingerprint density at radius 1 is 1.07 bits per heavy atom. The van der Waals surface area contributed by atoms with E-state index in [0.29, 0.717) is 48.6 Å². The van der Waals surface area contributed by atoms with Crippen LogP contribution in [0.4, 0.5) is 0 Å². The van der Waals surface area contributed by atoms with Gasteiger partial charge in [0.15, 0.2) is 0 Å². The largest absolute Gasteiger partial charge is 0.497 e. The molecule has 0 saturated carbocycles. The van der Waals surface area contributed by atoms with Gasteiger partial charge in [-0.25, -0.2) is 9.36 Å². The first-order valence-electron chi connectivity index (χ1n) is 9.80. The van der Waals surface area contributed by atoms with Gasteiger partial charge < -0.3 is 14.4 Å². The number of rotatable bonds is 4. The standard InChI is InChI=1S/C22H23N3O5/c1-15(20(26)23-10-12-30-13-11-23)24-19-9-4-3-8-18(19)21(27)25(22(24)28)16-6-5-7-17(14-16)29-2/h3-9,14-15H,10-13H2,1-2H3. The monoisotopic (exact) mass is 409 g/mol. The fourth-order valence-electron chi connectivity index (χ4n) is 3.79. The summed E-state index contributed by atoms with van der Waals surface area (Å²) in [5.74, 6) is 0.345. The lowest BCUT2D eigenvalue weighted by Crippen LogP contribution is -2.47. The second-order valence-corrected chi connectivity index (χ2v) is 7.13. The molecule has 8 heteroatoms.